The van der Waals surface area contributed by atoms with Gasteiger partial charge >= 0.3 is 0 Å². The lowest BCUT2D eigenvalue weighted by Gasteiger charge is -2.37. The summed E-state index contributed by atoms with van der Waals surface area (Å²) in [5, 5.41) is 27.1. The predicted molar refractivity (Wildman–Crippen MR) is 54.7 cm³/mol. The Bertz CT molecular complexity index is 113. The van der Waals surface area contributed by atoms with E-state index in [1.165, 1.54) is 0 Å². The van der Waals surface area contributed by atoms with Gasteiger partial charge in [0.1, 0.15) is 0 Å². The molecule has 0 amide bonds. The van der Waals surface area contributed by atoms with Gasteiger partial charge in [0.05, 0.1) is 5.41 Å². The summed E-state index contributed by atoms with van der Waals surface area (Å²) in [5.74, 6) is 5.46. The van der Waals surface area contributed by atoms with Crippen molar-refractivity contribution >= 4 is 0 Å². The number of hydrogen-bond donors (Lipinski definition) is 5. The maximum Gasteiger partial charge on any atom is 0.281 e. The maximum absolute atomic E-state index is 9.04. The molecule has 0 spiro atoms. The zero-order chi connectivity index (χ0) is 11.1. The lowest BCUT2D eigenvalue weighted by molar-refractivity contribution is -0.377. The molecule has 90 valence electrons. The number of nitrogens with two attached hydrogens (primary N) is 2. The van der Waals surface area contributed by atoms with Crippen molar-refractivity contribution in [2.75, 3.05) is 0 Å². The van der Waals surface area contributed by atoms with Crippen LogP contribution in [0.3, 0.4) is 0 Å². The Morgan fingerprint density at radius 2 is 1.07 bits per heavy atom. The molecule has 0 heterocycles. The van der Waals surface area contributed by atoms with Gasteiger partial charge in [0.2, 0.25) is 0 Å². The Morgan fingerprint density at radius 3 is 1.07 bits per heavy atom. The van der Waals surface area contributed by atoms with Crippen molar-refractivity contribution < 1.29 is 20.8 Å². The van der Waals surface area contributed by atoms with Gasteiger partial charge in [-0.25, -0.2) is 0 Å². The van der Waals surface area contributed by atoms with Crippen LogP contribution in [0.5, 0.6) is 0 Å². The Kier molecular flexibility index (Phi) is 11.2. The van der Waals surface area contributed by atoms with Crippen molar-refractivity contribution in [3.63, 3.8) is 0 Å². The summed E-state index contributed by atoms with van der Waals surface area (Å²) in [6.07, 6.45) is 1.68. The van der Waals surface area contributed by atoms with Gasteiger partial charge in [-0.1, -0.05) is 20.8 Å². The smallest absolute Gasteiger partial charge is 0.281 e. The molecule has 0 unspecified atom stereocenters. The molecule has 0 bridgehead atoms. The molecule has 0 saturated carbocycles. The van der Waals surface area contributed by atoms with Crippen LogP contribution in [-0.2, 0) is 0 Å². The minimum Gasteiger partial charge on any atom is -0.412 e. The molecule has 0 aromatic heterocycles. The minimum absolute atomic E-state index is 0. The van der Waals surface area contributed by atoms with E-state index in [-0.39, 0.29) is 5.48 Å². The van der Waals surface area contributed by atoms with Gasteiger partial charge in [-0.15, -0.1) is 0 Å². The van der Waals surface area contributed by atoms with E-state index in [1.807, 2.05) is 20.8 Å². The molecular formula is C8H24N2O4. The van der Waals surface area contributed by atoms with Crippen molar-refractivity contribution in [2.45, 2.75) is 46.0 Å². The van der Waals surface area contributed by atoms with Crippen LogP contribution >= 0.6 is 0 Å². The molecule has 0 rings (SSSR count). The van der Waals surface area contributed by atoms with E-state index in [0.717, 1.165) is 0 Å². The molecular weight excluding hydrogens is 188 g/mol. The van der Waals surface area contributed by atoms with Gasteiger partial charge in [-0.05, 0) is 19.3 Å². The number of rotatable bonds is 4. The summed E-state index contributed by atoms with van der Waals surface area (Å²) >= 11 is 0. The van der Waals surface area contributed by atoms with Crippen LogP contribution in [0.4, 0.5) is 0 Å². The first-order valence-electron chi connectivity index (χ1n) is 4.44. The molecule has 0 aromatic rings. The molecule has 0 aromatic carbocycles. The van der Waals surface area contributed by atoms with Gasteiger partial charge in [0.25, 0.3) is 5.97 Å². The number of hydrazine groups is 1. The lowest BCUT2D eigenvalue weighted by Crippen LogP contribution is -2.47. The Hall–Kier alpha value is -0.240. The highest BCUT2D eigenvalue weighted by molar-refractivity contribution is 4.81. The fraction of sp³-hybridized carbons (Fsp3) is 1.00. The Morgan fingerprint density at radius 1 is 0.857 bits per heavy atom. The zero-order valence-corrected chi connectivity index (χ0v) is 9.12. The number of aliphatic hydroxyl groups is 3. The average molecular weight is 212 g/mol. The topological polar surface area (TPSA) is 144 Å². The SMILES string of the molecule is CCC(CC)(CC)C(O)(O)O.NN.O. The van der Waals surface area contributed by atoms with E-state index in [0.29, 0.717) is 19.3 Å². The third-order valence-electron chi connectivity index (χ3n) is 2.74. The third kappa shape index (κ3) is 4.32. The van der Waals surface area contributed by atoms with Crippen LogP contribution in [-0.4, -0.2) is 26.8 Å². The molecule has 0 fully saturated rings. The average Bonchev–Trinajstić information content (AvgIpc) is 2.10. The van der Waals surface area contributed by atoms with Gasteiger partial charge in [0.15, 0.2) is 0 Å². The molecule has 6 heteroatoms. The first kappa shape index (κ1) is 19.4. The summed E-state index contributed by atoms with van der Waals surface area (Å²) in [7, 11) is 0. The van der Waals surface area contributed by atoms with E-state index >= 15 is 0 Å². The molecule has 6 nitrogen and oxygen atoms in total. The number of hydrogen-bond acceptors (Lipinski definition) is 5. The molecule has 14 heavy (non-hydrogen) atoms. The van der Waals surface area contributed by atoms with Crippen molar-refractivity contribution in [1.82, 2.24) is 0 Å². The highest BCUT2D eigenvalue weighted by Crippen LogP contribution is 2.38. The molecule has 0 aliphatic heterocycles. The van der Waals surface area contributed by atoms with Gasteiger partial charge in [-0.2, -0.15) is 0 Å². The van der Waals surface area contributed by atoms with E-state index in [4.69, 9.17) is 15.3 Å². The van der Waals surface area contributed by atoms with Crippen molar-refractivity contribution in [2.24, 2.45) is 17.1 Å². The second-order valence-corrected chi connectivity index (χ2v) is 2.98. The van der Waals surface area contributed by atoms with E-state index in [1.54, 1.807) is 0 Å². The van der Waals surface area contributed by atoms with E-state index in [2.05, 4.69) is 11.7 Å². The van der Waals surface area contributed by atoms with Gasteiger partial charge in [0, 0.05) is 0 Å². The molecule has 9 N–H and O–H groups in total. The summed E-state index contributed by atoms with van der Waals surface area (Å²) in [6, 6.07) is 0. The van der Waals surface area contributed by atoms with Crippen LogP contribution in [0.1, 0.15) is 40.0 Å². The predicted octanol–water partition coefficient (Wildman–Crippen LogP) is -1.17. The summed E-state index contributed by atoms with van der Waals surface area (Å²) in [6.45, 7) is 5.51. The van der Waals surface area contributed by atoms with E-state index in [9.17, 15) is 0 Å². The fourth-order valence-corrected chi connectivity index (χ4v) is 1.46. The van der Waals surface area contributed by atoms with Crippen molar-refractivity contribution in [1.29, 1.82) is 0 Å². The standard InChI is InChI=1S/C8H18O3.H4N2.H2O/c1-4-7(5-2,6-3)8(9,10)11;1-2;/h9-11H,4-6H2,1-3H3;1-2H2;1H2. The van der Waals surface area contributed by atoms with Gasteiger partial charge < -0.3 is 20.8 Å². The van der Waals surface area contributed by atoms with Crippen molar-refractivity contribution in [3.05, 3.63) is 0 Å². The van der Waals surface area contributed by atoms with Crippen LogP contribution in [0, 0.1) is 5.41 Å². The minimum atomic E-state index is -2.54. The summed E-state index contributed by atoms with van der Waals surface area (Å²) in [5.41, 5.74) is -0.771. The van der Waals surface area contributed by atoms with E-state index < -0.39 is 11.4 Å². The molecule has 0 aliphatic carbocycles. The Labute approximate surface area is 84.8 Å². The highest BCUT2D eigenvalue weighted by Gasteiger charge is 2.44. The molecule has 0 aliphatic rings. The van der Waals surface area contributed by atoms with Gasteiger partial charge in [-0.3, -0.25) is 11.7 Å². The quantitative estimate of drug-likeness (QED) is 0.226. The molecule has 0 atom stereocenters. The molecule has 0 radical (unpaired) electrons. The normalized spacial score (nSPS) is 11.1. The fourth-order valence-electron chi connectivity index (χ4n) is 1.46. The second kappa shape index (κ2) is 8.10. The van der Waals surface area contributed by atoms with Crippen LogP contribution < -0.4 is 11.7 Å². The van der Waals surface area contributed by atoms with Crippen LogP contribution in [0.2, 0.25) is 0 Å². The summed E-state index contributed by atoms with van der Waals surface area (Å²) < 4.78 is 0. The second-order valence-electron chi connectivity index (χ2n) is 2.98. The summed E-state index contributed by atoms with van der Waals surface area (Å²) in [4.78, 5) is 0. The zero-order valence-electron chi connectivity index (χ0n) is 9.12. The Balaban J connectivity index is -0.000000376. The molecule has 0 saturated heterocycles. The largest absolute Gasteiger partial charge is 0.412 e. The first-order chi connectivity index (χ1) is 5.93. The monoisotopic (exact) mass is 212 g/mol. The first-order valence-corrected chi connectivity index (χ1v) is 4.44. The van der Waals surface area contributed by atoms with Crippen LogP contribution in [0.25, 0.3) is 0 Å². The highest BCUT2D eigenvalue weighted by atomic mass is 16.7. The maximum atomic E-state index is 9.04. The lowest BCUT2D eigenvalue weighted by atomic mass is 9.77. The third-order valence-corrected chi connectivity index (χ3v) is 2.74. The van der Waals surface area contributed by atoms with Crippen LogP contribution in [0.15, 0.2) is 0 Å². The van der Waals surface area contributed by atoms with Crippen molar-refractivity contribution in [3.8, 4) is 0 Å².